The van der Waals surface area contributed by atoms with E-state index in [2.05, 4.69) is 0 Å². The molecule has 0 spiro atoms. The third-order valence-corrected chi connectivity index (χ3v) is 3.22. The Kier molecular flexibility index (Phi) is 3.44. The number of hydrogen-bond acceptors (Lipinski definition) is 0. The first-order valence-electron chi connectivity index (χ1n) is 6.37. The van der Waals surface area contributed by atoms with Gasteiger partial charge in [0.1, 0.15) is 11.6 Å². The van der Waals surface area contributed by atoms with E-state index >= 15 is 0 Å². The molecule has 0 aliphatic rings. The predicted octanol–water partition coefficient (Wildman–Crippen LogP) is 5.24. The molecule has 0 bridgehead atoms. The van der Waals surface area contributed by atoms with Crippen LogP contribution in [0.15, 0.2) is 36.4 Å². The molecule has 2 rings (SSSR count). The lowest BCUT2D eigenvalue weighted by Crippen LogP contribution is -2.17. The highest BCUT2D eigenvalue weighted by atomic mass is 19.1. The van der Waals surface area contributed by atoms with Gasteiger partial charge >= 0.3 is 0 Å². The van der Waals surface area contributed by atoms with Crippen molar-refractivity contribution in [2.45, 2.75) is 33.1 Å². The molecule has 19 heavy (non-hydrogen) atoms. The molecule has 0 aromatic heterocycles. The number of benzene rings is 2. The Balaban J connectivity index is 2.76. The minimum absolute atomic E-state index is 0.159. The van der Waals surface area contributed by atoms with Gasteiger partial charge in [-0.3, -0.25) is 0 Å². The van der Waals surface area contributed by atoms with Crippen LogP contribution in [0.4, 0.5) is 8.78 Å². The highest BCUT2D eigenvalue weighted by Crippen LogP contribution is 2.35. The maximum absolute atomic E-state index is 14.7. The molecule has 0 radical (unpaired) electrons. The highest BCUT2D eigenvalue weighted by Gasteiger charge is 2.26. The van der Waals surface area contributed by atoms with Gasteiger partial charge in [-0.25, -0.2) is 8.78 Å². The normalized spacial score (nSPS) is 11.7. The standard InChI is InChI=1S/C17H18F2/c1-11-10-13(12-8-6-5-7-9-12)16(19)14(15(11)18)17(2,3)4/h5-10H,1-4H3. The van der Waals surface area contributed by atoms with Gasteiger partial charge in [-0.2, -0.15) is 0 Å². The van der Waals surface area contributed by atoms with Gasteiger partial charge in [-0.15, -0.1) is 0 Å². The lowest BCUT2D eigenvalue weighted by molar-refractivity contribution is 0.474. The van der Waals surface area contributed by atoms with Crippen molar-refractivity contribution in [2.75, 3.05) is 0 Å². The molecule has 2 aromatic rings. The predicted molar refractivity (Wildman–Crippen MR) is 75.2 cm³/mol. The Hall–Kier alpha value is -1.70. The lowest BCUT2D eigenvalue weighted by atomic mass is 9.83. The molecule has 2 aromatic carbocycles. The van der Waals surface area contributed by atoms with E-state index in [0.29, 0.717) is 11.1 Å². The van der Waals surface area contributed by atoms with Crippen molar-refractivity contribution in [2.24, 2.45) is 0 Å². The van der Waals surface area contributed by atoms with Gasteiger partial charge in [0, 0.05) is 11.1 Å². The molecular weight excluding hydrogens is 242 g/mol. The Morgan fingerprint density at radius 1 is 0.895 bits per heavy atom. The molecule has 0 saturated heterocycles. The second kappa shape index (κ2) is 4.76. The van der Waals surface area contributed by atoms with Crippen LogP contribution in [0.3, 0.4) is 0 Å². The van der Waals surface area contributed by atoms with E-state index in [1.807, 2.05) is 51.1 Å². The van der Waals surface area contributed by atoms with E-state index in [1.54, 1.807) is 13.0 Å². The third kappa shape index (κ3) is 2.53. The van der Waals surface area contributed by atoms with Gasteiger partial charge in [-0.1, -0.05) is 51.1 Å². The molecule has 0 amide bonds. The first-order chi connectivity index (χ1) is 8.82. The summed E-state index contributed by atoms with van der Waals surface area (Å²) in [7, 11) is 0. The summed E-state index contributed by atoms with van der Waals surface area (Å²) in [5.74, 6) is -0.897. The Morgan fingerprint density at radius 2 is 1.47 bits per heavy atom. The summed E-state index contributed by atoms with van der Waals surface area (Å²) in [6.07, 6.45) is 0. The SMILES string of the molecule is Cc1cc(-c2ccccc2)c(F)c(C(C)(C)C)c1F. The summed E-state index contributed by atoms with van der Waals surface area (Å²) in [4.78, 5) is 0. The minimum atomic E-state index is -0.566. The summed E-state index contributed by atoms with van der Waals surface area (Å²) >= 11 is 0. The van der Waals surface area contributed by atoms with Crippen molar-refractivity contribution in [3.63, 3.8) is 0 Å². The lowest BCUT2D eigenvalue weighted by Gasteiger charge is -2.23. The Labute approximate surface area is 113 Å². The molecule has 0 aliphatic heterocycles. The molecule has 100 valence electrons. The van der Waals surface area contributed by atoms with Gasteiger partial charge < -0.3 is 0 Å². The molecule has 0 fully saturated rings. The van der Waals surface area contributed by atoms with Gasteiger partial charge in [0.2, 0.25) is 0 Å². The maximum Gasteiger partial charge on any atom is 0.137 e. The van der Waals surface area contributed by atoms with Crippen LogP contribution in [-0.2, 0) is 5.41 Å². The number of hydrogen-bond donors (Lipinski definition) is 0. The van der Waals surface area contributed by atoms with Crippen molar-refractivity contribution in [3.8, 4) is 11.1 Å². The molecule has 0 aliphatic carbocycles. The van der Waals surface area contributed by atoms with Crippen LogP contribution in [0.2, 0.25) is 0 Å². The van der Waals surface area contributed by atoms with Crippen LogP contribution in [0.5, 0.6) is 0 Å². The van der Waals surface area contributed by atoms with Gasteiger partial charge in [-0.05, 0) is 29.5 Å². The zero-order chi connectivity index (χ0) is 14.2. The largest absolute Gasteiger partial charge is 0.206 e. The summed E-state index contributed by atoms with van der Waals surface area (Å²) < 4.78 is 28.9. The molecule has 0 heterocycles. The van der Waals surface area contributed by atoms with E-state index < -0.39 is 17.0 Å². The first kappa shape index (κ1) is 13.7. The second-order valence-corrected chi connectivity index (χ2v) is 5.86. The molecule has 2 heteroatoms. The zero-order valence-corrected chi connectivity index (χ0v) is 11.7. The van der Waals surface area contributed by atoms with E-state index in [1.165, 1.54) is 0 Å². The third-order valence-electron chi connectivity index (χ3n) is 3.22. The molecule has 0 atom stereocenters. The van der Waals surface area contributed by atoms with Crippen LogP contribution in [-0.4, -0.2) is 0 Å². The highest BCUT2D eigenvalue weighted by molar-refractivity contribution is 5.66. The molecule has 0 unspecified atom stereocenters. The minimum Gasteiger partial charge on any atom is -0.206 e. The number of aryl methyl sites for hydroxylation is 1. The van der Waals surface area contributed by atoms with Gasteiger partial charge in [0.25, 0.3) is 0 Å². The summed E-state index contributed by atoms with van der Waals surface area (Å²) in [6, 6.07) is 10.8. The average Bonchev–Trinajstić information content (AvgIpc) is 2.33. The van der Waals surface area contributed by atoms with Crippen molar-refractivity contribution < 1.29 is 8.78 Å². The van der Waals surface area contributed by atoms with Gasteiger partial charge in [0.15, 0.2) is 0 Å². The summed E-state index contributed by atoms with van der Waals surface area (Å²) in [6.45, 7) is 7.14. The molecular formula is C17H18F2. The number of halogens is 2. The fourth-order valence-corrected chi connectivity index (χ4v) is 2.26. The smallest absolute Gasteiger partial charge is 0.137 e. The van der Waals surface area contributed by atoms with Crippen LogP contribution >= 0.6 is 0 Å². The van der Waals surface area contributed by atoms with E-state index in [0.717, 1.165) is 5.56 Å². The van der Waals surface area contributed by atoms with Crippen molar-refractivity contribution in [3.05, 3.63) is 59.2 Å². The Bertz CT molecular complexity index is 593. The van der Waals surface area contributed by atoms with Crippen LogP contribution < -0.4 is 0 Å². The zero-order valence-electron chi connectivity index (χ0n) is 11.7. The van der Waals surface area contributed by atoms with E-state index in [4.69, 9.17) is 0 Å². The second-order valence-electron chi connectivity index (χ2n) is 5.86. The summed E-state index contributed by atoms with van der Waals surface area (Å²) in [5, 5.41) is 0. The monoisotopic (exact) mass is 260 g/mol. The first-order valence-corrected chi connectivity index (χ1v) is 6.37. The van der Waals surface area contributed by atoms with Crippen molar-refractivity contribution in [1.82, 2.24) is 0 Å². The van der Waals surface area contributed by atoms with Crippen LogP contribution in [0.1, 0.15) is 31.9 Å². The van der Waals surface area contributed by atoms with Crippen molar-refractivity contribution >= 4 is 0 Å². The quantitative estimate of drug-likeness (QED) is 0.658. The topological polar surface area (TPSA) is 0 Å². The van der Waals surface area contributed by atoms with Gasteiger partial charge in [0.05, 0.1) is 0 Å². The Morgan fingerprint density at radius 3 is 2.00 bits per heavy atom. The van der Waals surface area contributed by atoms with E-state index in [9.17, 15) is 8.78 Å². The molecule has 0 N–H and O–H groups in total. The van der Waals surface area contributed by atoms with Crippen LogP contribution in [0.25, 0.3) is 11.1 Å². The summed E-state index contributed by atoms with van der Waals surface area (Å²) in [5.41, 5.74) is 1.30. The molecule has 0 saturated carbocycles. The van der Waals surface area contributed by atoms with E-state index in [-0.39, 0.29) is 5.56 Å². The average molecular weight is 260 g/mol. The fourth-order valence-electron chi connectivity index (χ4n) is 2.26. The number of rotatable bonds is 1. The van der Waals surface area contributed by atoms with Crippen LogP contribution in [0, 0.1) is 18.6 Å². The fraction of sp³-hybridized carbons (Fsp3) is 0.294. The van der Waals surface area contributed by atoms with Crippen molar-refractivity contribution in [1.29, 1.82) is 0 Å². The maximum atomic E-state index is 14.7. The molecule has 0 nitrogen and oxygen atoms in total.